The molecule has 1 saturated carbocycles. The third kappa shape index (κ3) is 2.04. The fourth-order valence-corrected chi connectivity index (χ4v) is 4.56. The molecule has 1 fully saturated rings. The Morgan fingerprint density at radius 2 is 2.14 bits per heavy atom. The molecule has 22 heavy (non-hydrogen) atoms. The van der Waals surface area contributed by atoms with Gasteiger partial charge in [0, 0.05) is 24.5 Å². The zero-order valence-electron chi connectivity index (χ0n) is 13.5. The zero-order valence-corrected chi connectivity index (χ0v) is 13.5. The summed E-state index contributed by atoms with van der Waals surface area (Å²) in [6.07, 6.45) is 3.72. The number of fused-ring (bicyclic) bond motifs is 3. The van der Waals surface area contributed by atoms with Gasteiger partial charge in [0.15, 0.2) is 17.3 Å². The molecule has 1 aromatic rings. The van der Waals surface area contributed by atoms with E-state index in [0.717, 1.165) is 36.8 Å². The monoisotopic (exact) mass is 304 g/mol. The fraction of sp³-hybridized carbons (Fsp3) is 0.611. The van der Waals surface area contributed by atoms with Crippen LogP contribution in [0, 0.1) is 5.92 Å². The molecule has 0 bridgehead atoms. The number of ketones is 1. The fourth-order valence-electron chi connectivity index (χ4n) is 4.56. The highest BCUT2D eigenvalue weighted by Gasteiger charge is 2.51. The Bertz CT molecular complexity index is 595. The Morgan fingerprint density at radius 1 is 1.36 bits per heavy atom. The average Bonchev–Trinajstić information content (AvgIpc) is 2.54. The molecular formula is C18H24O4. The van der Waals surface area contributed by atoms with Gasteiger partial charge in [0.1, 0.15) is 6.10 Å². The topological polar surface area (TPSA) is 55.8 Å². The van der Waals surface area contributed by atoms with Crippen LogP contribution in [0.25, 0.3) is 0 Å². The van der Waals surface area contributed by atoms with Gasteiger partial charge >= 0.3 is 0 Å². The second-order valence-corrected chi connectivity index (χ2v) is 6.50. The molecule has 2 aliphatic carbocycles. The quantitative estimate of drug-likeness (QED) is 0.932. The van der Waals surface area contributed by atoms with Gasteiger partial charge in [-0.3, -0.25) is 4.79 Å². The third-order valence-electron chi connectivity index (χ3n) is 5.75. The maximum atomic E-state index is 12.5. The SMILES string of the molecule is CC[C@@]12CC(=O)C(OC)CC1CCc1ccc(OC)c(O)c12. The predicted molar refractivity (Wildman–Crippen MR) is 83.5 cm³/mol. The molecule has 0 aromatic heterocycles. The Kier molecular flexibility index (Phi) is 3.89. The number of phenols is 1. The molecule has 0 aliphatic heterocycles. The van der Waals surface area contributed by atoms with Crippen LogP contribution in [0.15, 0.2) is 12.1 Å². The molecule has 3 rings (SSSR count). The summed E-state index contributed by atoms with van der Waals surface area (Å²) in [4.78, 5) is 12.5. The van der Waals surface area contributed by atoms with E-state index in [4.69, 9.17) is 9.47 Å². The van der Waals surface area contributed by atoms with Gasteiger partial charge in [-0.15, -0.1) is 0 Å². The number of carbonyl (C=O) groups is 1. The Hall–Kier alpha value is -1.55. The standard InChI is InChI=1S/C18H24O4/c1-4-18-10-13(19)15(22-3)9-12(18)7-5-11-6-8-14(21-2)17(20)16(11)18/h6,8,12,15,20H,4-5,7,9-10H2,1-3H3/t12?,15?,18-/m1/s1. The largest absolute Gasteiger partial charge is 0.504 e. The molecule has 0 radical (unpaired) electrons. The van der Waals surface area contributed by atoms with E-state index < -0.39 is 0 Å². The molecule has 0 saturated heterocycles. The van der Waals surface area contributed by atoms with Crippen molar-refractivity contribution in [3.63, 3.8) is 0 Å². The smallest absolute Gasteiger partial charge is 0.162 e. The van der Waals surface area contributed by atoms with Crippen molar-refractivity contribution in [2.24, 2.45) is 5.92 Å². The van der Waals surface area contributed by atoms with Crippen LogP contribution in [0.3, 0.4) is 0 Å². The number of Topliss-reactive ketones (excluding diaryl/α,β-unsaturated/α-hetero) is 1. The van der Waals surface area contributed by atoms with Crippen LogP contribution in [-0.2, 0) is 21.4 Å². The zero-order chi connectivity index (χ0) is 15.9. The van der Waals surface area contributed by atoms with E-state index in [1.807, 2.05) is 12.1 Å². The van der Waals surface area contributed by atoms with Crippen molar-refractivity contribution in [1.82, 2.24) is 0 Å². The van der Waals surface area contributed by atoms with Crippen LogP contribution < -0.4 is 4.74 Å². The normalized spacial score (nSPS) is 30.6. The second kappa shape index (κ2) is 5.58. The number of rotatable bonds is 3. The lowest BCUT2D eigenvalue weighted by Crippen LogP contribution is -2.49. The first-order valence-corrected chi connectivity index (χ1v) is 8.02. The summed E-state index contributed by atoms with van der Waals surface area (Å²) < 4.78 is 10.7. The molecule has 1 aromatic carbocycles. The van der Waals surface area contributed by atoms with Gasteiger partial charge in [-0.1, -0.05) is 13.0 Å². The third-order valence-corrected chi connectivity index (χ3v) is 5.75. The summed E-state index contributed by atoms with van der Waals surface area (Å²) >= 11 is 0. The van der Waals surface area contributed by atoms with Crippen molar-refractivity contribution < 1.29 is 19.4 Å². The van der Waals surface area contributed by atoms with Gasteiger partial charge in [0.25, 0.3) is 0 Å². The number of carbonyl (C=O) groups excluding carboxylic acids is 1. The lowest BCUT2D eigenvalue weighted by molar-refractivity contribution is -0.137. The minimum atomic E-state index is -0.293. The van der Waals surface area contributed by atoms with Crippen LogP contribution >= 0.6 is 0 Å². The van der Waals surface area contributed by atoms with E-state index in [0.29, 0.717) is 18.1 Å². The van der Waals surface area contributed by atoms with E-state index in [2.05, 4.69) is 6.92 Å². The highest BCUT2D eigenvalue weighted by atomic mass is 16.5. The number of phenolic OH excluding ortho intramolecular Hbond substituents is 1. The molecule has 3 atom stereocenters. The van der Waals surface area contributed by atoms with Crippen molar-refractivity contribution in [3.05, 3.63) is 23.3 Å². The molecule has 1 N–H and O–H groups in total. The van der Waals surface area contributed by atoms with Crippen LogP contribution in [-0.4, -0.2) is 31.2 Å². The summed E-state index contributed by atoms with van der Waals surface area (Å²) in [5, 5.41) is 10.7. The first-order valence-electron chi connectivity index (χ1n) is 8.02. The molecule has 0 amide bonds. The lowest BCUT2D eigenvalue weighted by atomic mass is 9.55. The van der Waals surface area contributed by atoms with Crippen molar-refractivity contribution >= 4 is 5.78 Å². The first kappa shape index (κ1) is 15.3. The second-order valence-electron chi connectivity index (χ2n) is 6.50. The van der Waals surface area contributed by atoms with Gasteiger partial charge < -0.3 is 14.6 Å². The summed E-state index contributed by atoms with van der Waals surface area (Å²) in [5.41, 5.74) is 1.81. The number of benzene rings is 1. The van der Waals surface area contributed by atoms with Crippen LogP contribution in [0.1, 0.15) is 43.7 Å². The van der Waals surface area contributed by atoms with Crippen LogP contribution in [0.4, 0.5) is 0 Å². The highest BCUT2D eigenvalue weighted by molar-refractivity contribution is 5.86. The molecule has 0 heterocycles. The average molecular weight is 304 g/mol. The van der Waals surface area contributed by atoms with Crippen molar-refractivity contribution in [1.29, 1.82) is 0 Å². The molecule has 0 spiro atoms. The number of methoxy groups -OCH3 is 2. The van der Waals surface area contributed by atoms with Gasteiger partial charge in [-0.2, -0.15) is 0 Å². The lowest BCUT2D eigenvalue weighted by Gasteiger charge is -2.49. The van der Waals surface area contributed by atoms with E-state index in [9.17, 15) is 9.90 Å². The number of aromatic hydroxyl groups is 1. The molecule has 2 aliphatic rings. The molecule has 120 valence electrons. The van der Waals surface area contributed by atoms with Gasteiger partial charge in [0.05, 0.1) is 7.11 Å². The summed E-state index contributed by atoms with van der Waals surface area (Å²) in [6.45, 7) is 2.11. The van der Waals surface area contributed by atoms with Crippen molar-refractivity contribution in [3.8, 4) is 11.5 Å². The first-order chi connectivity index (χ1) is 10.6. The molecule has 4 heteroatoms. The van der Waals surface area contributed by atoms with Crippen molar-refractivity contribution in [2.75, 3.05) is 14.2 Å². The summed E-state index contributed by atoms with van der Waals surface area (Å²) in [5.74, 6) is 1.23. The van der Waals surface area contributed by atoms with Gasteiger partial charge in [-0.05, 0) is 43.2 Å². The maximum Gasteiger partial charge on any atom is 0.162 e. The van der Waals surface area contributed by atoms with Gasteiger partial charge in [-0.25, -0.2) is 0 Å². The van der Waals surface area contributed by atoms with Crippen LogP contribution in [0.5, 0.6) is 11.5 Å². The summed E-state index contributed by atoms with van der Waals surface area (Å²) in [6, 6.07) is 3.86. The molecule has 4 nitrogen and oxygen atoms in total. The maximum absolute atomic E-state index is 12.5. The Balaban J connectivity index is 2.14. The molecular weight excluding hydrogens is 280 g/mol. The van der Waals surface area contributed by atoms with E-state index >= 15 is 0 Å². The van der Waals surface area contributed by atoms with Crippen molar-refractivity contribution in [2.45, 2.75) is 50.5 Å². The molecule has 2 unspecified atom stereocenters. The predicted octanol–water partition coefficient (Wildman–Crippen LogP) is 2.99. The number of ether oxygens (including phenoxy) is 2. The minimum absolute atomic E-state index is 0.149. The van der Waals surface area contributed by atoms with E-state index in [-0.39, 0.29) is 23.1 Å². The Labute approximate surface area is 131 Å². The van der Waals surface area contributed by atoms with E-state index in [1.54, 1.807) is 14.2 Å². The van der Waals surface area contributed by atoms with Crippen LogP contribution in [0.2, 0.25) is 0 Å². The number of hydrogen-bond acceptors (Lipinski definition) is 4. The van der Waals surface area contributed by atoms with Gasteiger partial charge in [0.2, 0.25) is 0 Å². The minimum Gasteiger partial charge on any atom is -0.504 e. The van der Waals surface area contributed by atoms with E-state index in [1.165, 1.54) is 0 Å². The highest BCUT2D eigenvalue weighted by Crippen LogP contribution is 2.55. The number of hydrogen-bond donors (Lipinski definition) is 1. The summed E-state index contributed by atoms with van der Waals surface area (Å²) in [7, 11) is 3.17. The Morgan fingerprint density at radius 3 is 2.77 bits per heavy atom. The number of aryl methyl sites for hydroxylation is 1.